The summed E-state index contributed by atoms with van der Waals surface area (Å²) in [7, 11) is 0. The van der Waals surface area contributed by atoms with Crippen molar-refractivity contribution < 1.29 is 14.6 Å². The Kier molecular flexibility index (Phi) is 5.67. The molecule has 0 saturated carbocycles. The van der Waals surface area contributed by atoms with Crippen molar-refractivity contribution in [2.75, 3.05) is 18.5 Å². The molecule has 0 fully saturated rings. The van der Waals surface area contributed by atoms with E-state index in [0.717, 1.165) is 17.7 Å². The number of aryl methyl sites for hydroxylation is 1. The van der Waals surface area contributed by atoms with Gasteiger partial charge in [-0.2, -0.15) is 0 Å². The Balaban J connectivity index is 1.81. The second-order valence-electron chi connectivity index (χ2n) is 4.94. The number of aromatic carboxylic acids is 1. The van der Waals surface area contributed by atoms with Crippen molar-refractivity contribution in [2.24, 2.45) is 0 Å². The first-order valence-electron chi connectivity index (χ1n) is 7.02. The van der Waals surface area contributed by atoms with E-state index in [4.69, 9.17) is 21.4 Å². The van der Waals surface area contributed by atoms with Gasteiger partial charge < -0.3 is 15.2 Å². The molecule has 0 aliphatic rings. The summed E-state index contributed by atoms with van der Waals surface area (Å²) in [4.78, 5) is 11.2. The highest BCUT2D eigenvalue weighted by atomic mass is 35.5. The van der Waals surface area contributed by atoms with Gasteiger partial charge in [0.1, 0.15) is 5.75 Å². The lowest BCUT2D eigenvalue weighted by molar-refractivity contribution is 0.0698. The van der Waals surface area contributed by atoms with Crippen LogP contribution in [0.2, 0.25) is 5.02 Å². The van der Waals surface area contributed by atoms with Crippen molar-refractivity contribution in [3.63, 3.8) is 0 Å². The second kappa shape index (κ2) is 7.71. The number of ether oxygens (including phenoxy) is 1. The zero-order valence-electron chi connectivity index (χ0n) is 12.3. The molecule has 2 rings (SSSR count). The van der Waals surface area contributed by atoms with Gasteiger partial charge in [-0.25, -0.2) is 4.79 Å². The predicted molar refractivity (Wildman–Crippen MR) is 88.2 cm³/mol. The largest absolute Gasteiger partial charge is 0.494 e. The van der Waals surface area contributed by atoms with E-state index in [-0.39, 0.29) is 5.56 Å². The fourth-order valence-corrected chi connectivity index (χ4v) is 2.21. The number of anilines is 1. The molecule has 0 spiro atoms. The number of carbonyl (C=O) groups is 1. The molecule has 4 nitrogen and oxygen atoms in total. The SMILES string of the molecule is Cc1cccc(OCCCNc2ccc(Cl)cc2C(=O)O)c1. The van der Waals surface area contributed by atoms with Crippen LogP contribution in [0, 0.1) is 6.92 Å². The molecule has 0 amide bonds. The van der Waals surface area contributed by atoms with Crippen LogP contribution in [-0.2, 0) is 0 Å². The lowest BCUT2D eigenvalue weighted by atomic mass is 10.2. The molecule has 0 aliphatic heterocycles. The van der Waals surface area contributed by atoms with Crippen LogP contribution in [0.1, 0.15) is 22.3 Å². The van der Waals surface area contributed by atoms with Crippen molar-refractivity contribution in [3.05, 3.63) is 58.6 Å². The first-order chi connectivity index (χ1) is 10.6. The molecular formula is C17H18ClNO3. The molecule has 2 aromatic carbocycles. The maximum absolute atomic E-state index is 11.2. The second-order valence-corrected chi connectivity index (χ2v) is 5.38. The van der Waals surface area contributed by atoms with Crippen LogP contribution < -0.4 is 10.1 Å². The van der Waals surface area contributed by atoms with E-state index in [9.17, 15) is 4.79 Å². The standard InChI is InChI=1S/C17H18ClNO3/c1-12-4-2-5-14(10-12)22-9-3-8-19-16-7-6-13(18)11-15(16)17(20)21/h2,4-7,10-11,19H,3,8-9H2,1H3,(H,20,21). The summed E-state index contributed by atoms with van der Waals surface area (Å²) < 4.78 is 5.64. The topological polar surface area (TPSA) is 58.6 Å². The highest BCUT2D eigenvalue weighted by Gasteiger charge is 2.10. The molecule has 0 atom stereocenters. The first kappa shape index (κ1) is 16.2. The van der Waals surface area contributed by atoms with Crippen LogP contribution in [0.4, 0.5) is 5.69 Å². The number of carboxylic acids is 1. The minimum Gasteiger partial charge on any atom is -0.494 e. The monoisotopic (exact) mass is 319 g/mol. The van der Waals surface area contributed by atoms with Crippen molar-refractivity contribution in [1.29, 1.82) is 0 Å². The smallest absolute Gasteiger partial charge is 0.337 e. The molecule has 2 N–H and O–H groups in total. The van der Waals surface area contributed by atoms with Crippen LogP contribution in [0.25, 0.3) is 0 Å². The van der Waals surface area contributed by atoms with Gasteiger partial charge in [-0.15, -0.1) is 0 Å². The van der Waals surface area contributed by atoms with Crippen molar-refractivity contribution in [1.82, 2.24) is 0 Å². The zero-order chi connectivity index (χ0) is 15.9. The number of rotatable bonds is 7. The third-order valence-electron chi connectivity index (χ3n) is 3.11. The summed E-state index contributed by atoms with van der Waals surface area (Å²) in [5, 5.41) is 12.7. The lowest BCUT2D eigenvalue weighted by Gasteiger charge is -2.11. The van der Waals surface area contributed by atoms with Crippen LogP contribution in [-0.4, -0.2) is 24.2 Å². The highest BCUT2D eigenvalue weighted by Crippen LogP contribution is 2.20. The molecule has 0 bridgehead atoms. The number of hydrogen-bond acceptors (Lipinski definition) is 3. The summed E-state index contributed by atoms with van der Waals surface area (Å²) in [5.74, 6) is -0.154. The van der Waals surface area contributed by atoms with E-state index < -0.39 is 5.97 Å². The lowest BCUT2D eigenvalue weighted by Crippen LogP contribution is -2.10. The molecule has 22 heavy (non-hydrogen) atoms. The molecule has 0 aliphatic carbocycles. The van der Waals surface area contributed by atoms with Crippen LogP contribution >= 0.6 is 11.6 Å². The number of halogens is 1. The Morgan fingerprint density at radius 3 is 2.82 bits per heavy atom. The molecule has 5 heteroatoms. The van der Waals surface area contributed by atoms with E-state index in [1.165, 1.54) is 6.07 Å². The van der Waals surface area contributed by atoms with Crippen molar-refractivity contribution >= 4 is 23.3 Å². The van der Waals surface area contributed by atoms with Gasteiger partial charge in [0.2, 0.25) is 0 Å². The Hall–Kier alpha value is -2.20. The molecular weight excluding hydrogens is 302 g/mol. The van der Waals surface area contributed by atoms with Crippen LogP contribution in [0.15, 0.2) is 42.5 Å². The van der Waals surface area contributed by atoms with Gasteiger partial charge in [-0.1, -0.05) is 23.7 Å². The van der Waals surface area contributed by atoms with E-state index in [1.54, 1.807) is 12.1 Å². The molecule has 2 aromatic rings. The maximum atomic E-state index is 11.2. The molecule has 0 saturated heterocycles. The molecule has 116 valence electrons. The third kappa shape index (κ3) is 4.67. The third-order valence-corrected chi connectivity index (χ3v) is 3.34. The fourth-order valence-electron chi connectivity index (χ4n) is 2.04. The van der Waals surface area contributed by atoms with E-state index in [1.807, 2.05) is 31.2 Å². The van der Waals surface area contributed by atoms with Gasteiger partial charge >= 0.3 is 5.97 Å². The average molecular weight is 320 g/mol. The zero-order valence-corrected chi connectivity index (χ0v) is 13.1. The molecule has 0 radical (unpaired) electrons. The van der Waals surface area contributed by atoms with Gasteiger partial charge in [0, 0.05) is 17.3 Å². The van der Waals surface area contributed by atoms with Gasteiger partial charge in [-0.05, 0) is 49.2 Å². The molecule has 0 aromatic heterocycles. The summed E-state index contributed by atoms with van der Waals surface area (Å²) >= 11 is 5.81. The minimum absolute atomic E-state index is 0.173. The quantitative estimate of drug-likeness (QED) is 0.750. The summed E-state index contributed by atoms with van der Waals surface area (Å²) in [6, 6.07) is 12.7. The minimum atomic E-state index is -0.999. The summed E-state index contributed by atoms with van der Waals surface area (Å²) in [6.45, 7) is 3.20. The van der Waals surface area contributed by atoms with E-state index in [0.29, 0.717) is 23.9 Å². The normalized spacial score (nSPS) is 10.3. The summed E-state index contributed by atoms with van der Waals surface area (Å²) in [6.07, 6.45) is 0.760. The number of benzene rings is 2. The number of nitrogens with one attached hydrogen (secondary N) is 1. The van der Waals surface area contributed by atoms with Crippen molar-refractivity contribution in [3.8, 4) is 5.75 Å². The van der Waals surface area contributed by atoms with Gasteiger partial charge in [-0.3, -0.25) is 0 Å². The Morgan fingerprint density at radius 1 is 1.27 bits per heavy atom. The predicted octanol–water partition coefficient (Wildman–Crippen LogP) is 4.23. The average Bonchev–Trinajstić information content (AvgIpc) is 2.48. The summed E-state index contributed by atoms with van der Waals surface area (Å²) in [5.41, 5.74) is 1.89. The molecule has 0 heterocycles. The highest BCUT2D eigenvalue weighted by molar-refractivity contribution is 6.31. The van der Waals surface area contributed by atoms with Crippen LogP contribution in [0.3, 0.4) is 0 Å². The van der Waals surface area contributed by atoms with E-state index in [2.05, 4.69) is 5.32 Å². The fraction of sp³-hybridized carbons (Fsp3) is 0.235. The number of carboxylic acid groups (broad SMARTS) is 1. The van der Waals surface area contributed by atoms with Crippen molar-refractivity contribution in [2.45, 2.75) is 13.3 Å². The Labute approximate surface area is 134 Å². The van der Waals surface area contributed by atoms with E-state index >= 15 is 0 Å². The Bertz CT molecular complexity index is 658. The Morgan fingerprint density at radius 2 is 2.09 bits per heavy atom. The maximum Gasteiger partial charge on any atom is 0.337 e. The van der Waals surface area contributed by atoms with Gasteiger partial charge in [0.05, 0.1) is 12.2 Å². The number of hydrogen-bond donors (Lipinski definition) is 2. The van der Waals surface area contributed by atoms with Gasteiger partial charge in [0.25, 0.3) is 0 Å². The van der Waals surface area contributed by atoms with Gasteiger partial charge in [0.15, 0.2) is 0 Å². The van der Waals surface area contributed by atoms with Crippen LogP contribution in [0.5, 0.6) is 5.75 Å². The first-order valence-corrected chi connectivity index (χ1v) is 7.40. The molecule has 0 unspecified atom stereocenters.